The minimum Gasteiger partial charge on any atom is -0.354 e. The van der Waals surface area contributed by atoms with E-state index in [2.05, 4.69) is 20.5 Å². The number of fused-ring (bicyclic) bond motifs is 1. The Morgan fingerprint density at radius 1 is 1.03 bits per heavy atom. The normalized spacial score (nSPS) is 16.1. The maximum atomic E-state index is 13.6. The molecular formula is C25H24FN7O. The SMILES string of the molecule is O=C(Nc1cc(-n2c(-c3ccc(F)cc3)nc3ccc(N4CCNCC4)nc32)ccn1)C1CC1. The smallest absolute Gasteiger partial charge is 0.228 e. The van der Waals surface area contributed by atoms with Crippen LogP contribution in [0.25, 0.3) is 28.2 Å². The van der Waals surface area contributed by atoms with Gasteiger partial charge in [0.05, 0.1) is 5.69 Å². The number of imidazole rings is 1. The van der Waals surface area contributed by atoms with E-state index >= 15 is 0 Å². The molecule has 2 N–H and O–H groups in total. The minimum atomic E-state index is -0.306. The Kier molecular flexibility index (Phi) is 5.18. The van der Waals surface area contributed by atoms with Gasteiger partial charge in [-0.05, 0) is 55.3 Å². The van der Waals surface area contributed by atoms with Crippen LogP contribution in [0.2, 0.25) is 0 Å². The molecule has 0 radical (unpaired) electrons. The molecule has 4 heterocycles. The second-order valence-corrected chi connectivity index (χ2v) is 8.69. The number of anilines is 2. The van der Waals surface area contributed by atoms with Gasteiger partial charge in [0.25, 0.3) is 0 Å². The summed E-state index contributed by atoms with van der Waals surface area (Å²) < 4.78 is 15.6. The molecule has 0 spiro atoms. The summed E-state index contributed by atoms with van der Waals surface area (Å²) >= 11 is 0. The van der Waals surface area contributed by atoms with Crippen LogP contribution in [0.3, 0.4) is 0 Å². The van der Waals surface area contributed by atoms with E-state index in [-0.39, 0.29) is 17.6 Å². The first-order valence-electron chi connectivity index (χ1n) is 11.5. The predicted molar refractivity (Wildman–Crippen MR) is 128 cm³/mol. The number of hydrogen-bond acceptors (Lipinski definition) is 6. The number of carbonyl (C=O) groups excluding carboxylic acids is 1. The molecule has 1 amide bonds. The Balaban J connectivity index is 1.48. The molecule has 0 bridgehead atoms. The molecule has 1 saturated carbocycles. The molecular weight excluding hydrogens is 433 g/mol. The van der Waals surface area contributed by atoms with E-state index in [4.69, 9.17) is 9.97 Å². The molecule has 4 aromatic rings. The van der Waals surface area contributed by atoms with Crippen molar-refractivity contribution in [2.75, 3.05) is 36.4 Å². The molecule has 2 fully saturated rings. The second kappa shape index (κ2) is 8.49. The van der Waals surface area contributed by atoms with Crippen molar-refractivity contribution >= 4 is 28.7 Å². The highest BCUT2D eigenvalue weighted by atomic mass is 19.1. The van der Waals surface area contributed by atoms with Gasteiger partial charge in [-0.25, -0.2) is 19.3 Å². The lowest BCUT2D eigenvalue weighted by Gasteiger charge is -2.28. The largest absolute Gasteiger partial charge is 0.354 e. The summed E-state index contributed by atoms with van der Waals surface area (Å²) in [5.74, 6) is 1.79. The highest BCUT2D eigenvalue weighted by Gasteiger charge is 2.30. The lowest BCUT2D eigenvalue weighted by molar-refractivity contribution is -0.117. The Morgan fingerprint density at radius 3 is 2.59 bits per heavy atom. The molecule has 1 aromatic carbocycles. The molecule has 1 aliphatic carbocycles. The summed E-state index contributed by atoms with van der Waals surface area (Å²) in [6, 6.07) is 13.9. The maximum absolute atomic E-state index is 13.6. The third-order valence-corrected chi connectivity index (χ3v) is 6.23. The number of pyridine rings is 2. The summed E-state index contributed by atoms with van der Waals surface area (Å²) in [7, 11) is 0. The quantitative estimate of drug-likeness (QED) is 0.478. The Hall–Kier alpha value is -3.85. The van der Waals surface area contributed by atoms with E-state index in [1.807, 2.05) is 28.8 Å². The van der Waals surface area contributed by atoms with E-state index < -0.39 is 0 Å². The van der Waals surface area contributed by atoms with Crippen molar-refractivity contribution in [2.24, 2.45) is 5.92 Å². The zero-order valence-corrected chi connectivity index (χ0v) is 18.5. The minimum absolute atomic E-state index is 0.00184. The fourth-order valence-electron chi connectivity index (χ4n) is 4.26. The Labute approximate surface area is 195 Å². The number of nitrogens with zero attached hydrogens (tertiary/aromatic N) is 5. The lowest BCUT2D eigenvalue weighted by atomic mass is 10.2. The first-order valence-corrected chi connectivity index (χ1v) is 11.5. The van der Waals surface area contributed by atoms with Crippen molar-refractivity contribution < 1.29 is 9.18 Å². The van der Waals surface area contributed by atoms with Crippen molar-refractivity contribution in [2.45, 2.75) is 12.8 Å². The summed E-state index contributed by atoms with van der Waals surface area (Å²) in [5.41, 5.74) is 2.97. The number of benzene rings is 1. The number of amides is 1. The lowest BCUT2D eigenvalue weighted by Crippen LogP contribution is -2.43. The number of halogens is 1. The van der Waals surface area contributed by atoms with Gasteiger partial charge >= 0.3 is 0 Å². The maximum Gasteiger partial charge on any atom is 0.228 e. The van der Waals surface area contributed by atoms with Gasteiger partial charge in [0.1, 0.15) is 28.8 Å². The van der Waals surface area contributed by atoms with Crippen LogP contribution in [-0.4, -0.2) is 51.6 Å². The average Bonchev–Trinajstić information content (AvgIpc) is 3.65. The van der Waals surface area contributed by atoms with E-state index in [0.29, 0.717) is 17.3 Å². The number of hydrogen-bond donors (Lipinski definition) is 2. The van der Waals surface area contributed by atoms with Gasteiger partial charge in [-0.2, -0.15) is 0 Å². The van der Waals surface area contributed by atoms with Crippen molar-refractivity contribution in [1.29, 1.82) is 0 Å². The first kappa shape index (κ1) is 20.7. The number of aromatic nitrogens is 4. The molecule has 172 valence electrons. The van der Waals surface area contributed by atoms with E-state index in [0.717, 1.165) is 61.6 Å². The predicted octanol–water partition coefficient (Wildman–Crippen LogP) is 3.38. The zero-order valence-electron chi connectivity index (χ0n) is 18.5. The third kappa shape index (κ3) is 3.99. The molecule has 1 saturated heterocycles. The second-order valence-electron chi connectivity index (χ2n) is 8.69. The molecule has 1 aliphatic heterocycles. The Bertz CT molecular complexity index is 1360. The topological polar surface area (TPSA) is 88.0 Å². The van der Waals surface area contributed by atoms with Crippen LogP contribution in [0.15, 0.2) is 54.7 Å². The van der Waals surface area contributed by atoms with Gasteiger partial charge in [-0.3, -0.25) is 9.36 Å². The van der Waals surface area contributed by atoms with Crippen molar-refractivity contribution in [1.82, 2.24) is 24.8 Å². The van der Waals surface area contributed by atoms with Crippen LogP contribution in [0.1, 0.15) is 12.8 Å². The first-order chi connectivity index (χ1) is 16.7. The summed E-state index contributed by atoms with van der Waals surface area (Å²) in [5, 5.41) is 6.28. The van der Waals surface area contributed by atoms with Crippen LogP contribution >= 0.6 is 0 Å². The molecule has 34 heavy (non-hydrogen) atoms. The molecule has 3 aromatic heterocycles. The molecule has 9 heteroatoms. The average molecular weight is 458 g/mol. The fourth-order valence-corrected chi connectivity index (χ4v) is 4.26. The molecule has 0 atom stereocenters. The van der Waals surface area contributed by atoms with Crippen LogP contribution in [-0.2, 0) is 4.79 Å². The summed E-state index contributed by atoms with van der Waals surface area (Å²) in [6.45, 7) is 3.58. The Morgan fingerprint density at radius 2 is 1.82 bits per heavy atom. The monoisotopic (exact) mass is 457 g/mol. The van der Waals surface area contributed by atoms with E-state index in [1.165, 1.54) is 12.1 Å². The van der Waals surface area contributed by atoms with Crippen molar-refractivity contribution in [3.8, 4) is 17.1 Å². The standard InChI is InChI=1S/C25H24FN7O/c26-18-5-3-16(4-6-18)23-29-20-7-8-22(32-13-11-27-12-14-32)31-24(20)33(23)19-9-10-28-21(15-19)30-25(34)17-1-2-17/h3-10,15,17,27H,1-2,11-14H2,(H,28,30,34). The zero-order chi connectivity index (χ0) is 23.1. The highest BCUT2D eigenvalue weighted by molar-refractivity contribution is 5.93. The summed E-state index contributed by atoms with van der Waals surface area (Å²) in [6.07, 6.45) is 3.51. The van der Waals surface area contributed by atoms with Gasteiger partial charge in [0.2, 0.25) is 5.91 Å². The number of rotatable bonds is 5. The van der Waals surface area contributed by atoms with E-state index in [1.54, 1.807) is 18.3 Å². The van der Waals surface area contributed by atoms with Crippen LogP contribution < -0.4 is 15.5 Å². The van der Waals surface area contributed by atoms with E-state index in [9.17, 15) is 9.18 Å². The number of nitrogens with one attached hydrogen (secondary N) is 2. The molecule has 0 unspecified atom stereocenters. The third-order valence-electron chi connectivity index (χ3n) is 6.23. The van der Waals surface area contributed by atoms with Crippen LogP contribution in [0.4, 0.5) is 16.0 Å². The number of piperazine rings is 1. The van der Waals surface area contributed by atoms with Gasteiger partial charge in [-0.1, -0.05) is 0 Å². The fraction of sp³-hybridized carbons (Fsp3) is 0.280. The van der Waals surface area contributed by atoms with Gasteiger partial charge in [0, 0.05) is 49.9 Å². The highest BCUT2D eigenvalue weighted by Crippen LogP contribution is 2.32. The molecule has 8 nitrogen and oxygen atoms in total. The van der Waals surface area contributed by atoms with Gasteiger partial charge in [0.15, 0.2) is 5.65 Å². The van der Waals surface area contributed by atoms with Crippen LogP contribution in [0, 0.1) is 11.7 Å². The van der Waals surface area contributed by atoms with Gasteiger partial charge < -0.3 is 15.5 Å². The van der Waals surface area contributed by atoms with Crippen LogP contribution in [0.5, 0.6) is 0 Å². The van der Waals surface area contributed by atoms with Crippen molar-refractivity contribution in [3.05, 3.63) is 60.5 Å². The number of carbonyl (C=O) groups is 1. The molecule has 6 rings (SSSR count). The van der Waals surface area contributed by atoms with Gasteiger partial charge in [-0.15, -0.1) is 0 Å². The summed E-state index contributed by atoms with van der Waals surface area (Å²) in [4.78, 5) is 28.7. The van der Waals surface area contributed by atoms with Crippen molar-refractivity contribution in [3.63, 3.8) is 0 Å². The molecule has 2 aliphatic rings.